The number of thioether (sulfide) groups is 1. The summed E-state index contributed by atoms with van der Waals surface area (Å²) >= 11 is 6.02. The molecule has 1 atom stereocenters. The van der Waals surface area contributed by atoms with Gasteiger partial charge in [-0.15, -0.1) is 0 Å². The predicted octanol–water partition coefficient (Wildman–Crippen LogP) is 0.563. The van der Waals surface area contributed by atoms with Crippen LogP contribution in [0.5, 0.6) is 5.75 Å². The number of thiocarbonyl (C=S) groups is 1. The minimum Gasteiger partial charge on any atom is -0.548 e. The van der Waals surface area contributed by atoms with Crippen LogP contribution in [0.1, 0.15) is 5.56 Å². The van der Waals surface area contributed by atoms with Crippen molar-refractivity contribution in [3.05, 3.63) is 47.4 Å². The molecule has 1 aliphatic rings. The van der Waals surface area contributed by atoms with Gasteiger partial charge >= 0.3 is 0 Å². The highest BCUT2D eigenvalue weighted by Gasteiger charge is 2.37. The number of aliphatic carboxylic acids is 1. The number of rotatable bonds is 7. The van der Waals surface area contributed by atoms with Gasteiger partial charge in [0.1, 0.15) is 22.7 Å². The van der Waals surface area contributed by atoms with Gasteiger partial charge in [-0.2, -0.15) is 0 Å². The van der Waals surface area contributed by atoms with Crippen molar-refractivity contribution in [2.75, 3.05) is 13.2 Å². The van der Waals surface area contributed by atoms with E-state index >= 15 is 0 Å². The lowest BCUT2D eigenvalue weighted by atomic mass is 10.1. The van der Waals surface area contributed by atoms with Crippen molar-refractivity contribution in [3.8, 4) is 5.75 Å². The summed E-state index contributed by atoms with van der Waals surface area (Å²) in [5.74, 6) is -1.60. The summed E-state index contributed by atoms with van der Waals surface area (Å²) in [4.78, 5) is 24.6. The number of aliphatic hydroxyl groups is 1. The van der Waals surface area contributed by atoms with Crippen LogP contribution in [0.3, 0.4) is 0 Å². The van der Waals surface area contributed by atoms with Gasteiger partial charge in [0, 0.05) is 5.56 Å². The van der Waals surface area contributed by atoms with Gasteiger partial charge < -0.3 is 19.7 Å². The third-order valence-corrected chi connectivity index (χ3v) is 4.47. The molecular formula is C16H14NO5S2-. The molecule has 6 nitrogen and oxygen atoms in total. The number of nitrogens with zero attached hydrogens (tertiary/aromatic N) is 1. The zero-order valence-corrected chi connectivity index (χ0v) is 14.1. The lowest BCUT2D eigenvalue weighted by molar-refractivity contribution is -0.311. The highest BCUT2D eigenvalue weighted by molar-refractivity contribution is 8.26. The molecule has 1 fully saturated rings. The SMILES string of the molecule is C=CCOc1ccccc1/C=C1\SC(=S)N([C@@H](CO)C(=O)[O-])C1=O. The Morgan fingerprint density at radius 2 is 2.21 bits per heavy atom. The number of hydrogen-bond acceptors (Lipinski definition) is 7. The van der Waals surface area contributed by atoms with Gasteiger partial charge in [-0.1, -0.05) is 54.8 Å². The number of benzene rings is 1. The quantitative estimate of drug-likeness (QED) is 0.430. The topological polar surface area (TPSA) is 89.9 Å². The van der Waals surface area contributed by atoms with Gasteiger partial charge in [-0.25, -0.2) is 0 Å². The Morgan fingerprint density at radius 1 is 1.50 bits per heavy atom. The van der Waals surface area contributed by atoms with E-state index in [2.05, 4.69) is 6.58 Å². The number of carboxylic acid groups (broad SMARTS) is 1. The fraction of sp³-hybridized carbons (Fsp3) is 0.188. The van der Waals surface area contributed by atoms with Crippen molar-refractivity contribution in [2.45, 2.75) is 6.04 Å². The van der Waals surface area contributed by atoms with Crippen molar-refractivity contribution < 1.29 is 24.5 Å². The Bertz CT molecular complexity index is 716. The van der Waals surface area contributed by atoms with E-state index in [9.17, 15) is 19.8 Å². The number of aliphatic hydroxyl groups excluding tert-OH is 1. The summed E-state index contributed by atoms with van der Waals surface area (Å²) < 4.78 is 5.57. The molecule has 1 saturated heterocycles. The molecule has 0 aliphatic carbocycles. The molecule has 0 radical (unpaired) electrons. The molecule has 1 heterocycles. The Morgan fingerprint density at radius 3 is 2.83 bits per heavy atom. The molecule has 0 spiro atoms. The zero-order valence-electron chi connectivity index (χ0n) is 12.5. The molecule has 0 bridgehead atoms. The first-order valence-electron chi connectivity index (χ1n) is 6.91. The van der Waals surface area contributed by atoms with E-state index < -0.39 is 24.5 Å². The number of carbonyl (C=O) groups excluding carboxylic acids is 2. The van der Waals surface area contributed by atoms with Crippen molar-refractivity contribution in [1.29, 1.82) is 0 Å². The fourth-order valence-corrected chi connectivity index (χ4v) is 3.38. The lowest BCUT2D eigenvalue weighted by Crippen LogP contribution is -2.51. The molecule has 1 N–H and O–H groups in total. The van der Waals surface area contributed by atoms with E-state index in [0.717, 1.165) is 16.7 Å². The third kappa shape index (κ3) is 3.84. The molecule has 1 aromatic carbocycles. The summed E-state index contributed by atoms with van der Waals surface area (Å²) in [6.45, 7) is 3.11. The second-order valence-corrected chi connectivity index (χ2v) is 6.38. The van der Waals surface area contributed by atoms with Crippen molar-refractivity contribution in [1.82, 2.24) is 4.90 Å². The summed E-state index contributed by atoms with van der Waals surface area (Å²) in [5, 5.41) is 20.2. The largest absolute Gasteiger partial charge is 0.548 e. The first kappa shape index (κ1) is 18.2. The van der Waals surface area contributed by atoms with E-state index in [-0.39, 0.29) is 9.23 Å². The van der Waals surface area contributed by atoms with E-state index in [1.54, 1.807) is 36.4 Å². The molecule has 0 saturated carbocycles. The van der Waals surface area contributed by atoms with Crippen LogP contribution in [-0.4, -0.2) is 45.5 Å². The molecule has 8 heteroatoms. The lowest BCUT2D eigenvalue weighted by Gasteiger charge is -2.25. The van der Waals surface area contributed by atoms with Crippen LogP contribution in [0.15, 0.2) is 41.8 Å². The van der Waals surface area contributed by atoms with E-state index in [0.29, 0.717) is 17.9 Å². The van der Waals surface area contributed by atoms with Crippen molar-refractivity contribution in [2.24, 2.45) is 0 Å². The van der Waals surface area contributed by atoms with Gasteiger partial charge in [0.25, 0.3) is 5.91 Å². The first-order chi connectivity index (χ1) is 11.5. The number of amides is 1. The fourth-order valence-electron chi connectivity index (χ4n) is 2.03. The van der Waals surface area contributed by atoms with Crippen LogP contribution < -0.4 is 9.84 Å². The molecule has 2 rings (SSSR count). The highest BCUT2D eigenvalue weighted by Crippen LogP contribution is 2.35. The molecule has 1 amide bonds. The summed E-state index contributed by atoms with van der Waals surface area (Å²) in [5.41, 5.74) is 0.647. The summed E-state index contributed by atoms with van der Waals surface area (Å²) in [6, 6.07) is 5.57. The number of carboxylic acids is 1. The van der Waals surface area contributed by atoms with E-state index in [1.165, 1.54) is 0 Å². The second kappa shape index (κ2) is 8.09. The van der Waals surface area contributed by atoms with Crippen LogP contribution in [0.25, 0.3) is 6.08 Å². The zero-order chi connectivity index (χ0) is 17.7. The Kier molecular flexibility index (Phi) is 6.13. The van der Waals surface area contributed by atoms with Crippen LogP contribution >= 0.6 is 24.0 Å². The Hall–Kier alpha value is -2.16. The predicted molar refractivity (Wildman–Crippen MR) is 93.0 cm³/mol. The Labute approximate surface area is 148 Å². The Balaban J connectivity index is 2.32. The number of carbonyl (C=O) groups is 2. The van der Waals surface area contributed by atoms with Crippen molar-refractivity contribution >= 4 is 46.3 Å². The molecular weight excluding hydrogens is 350 g/mol. The van der Waals surface area contributed by atoms with Gasteiger partial charge in [0.2, 0.25) is 0 Å². The normalized spacial score (nSPS) is 17.2. The third-order valence-electron chi connectivity index (χ3n) is 3.14. The molecule has 1 aliphatic heterocycles. The molecule has 1 aromatic rings. The molecule has 0 aromatic heterocycles. The highest BCUT2D eigenvalue weighted by atomic mass is 32.2. The van der Waals surface area contributed by atoms with Crippen LogP contribution in [0, 0.1) is 0 Å². The maximum Gasteiger partial charge on any atom is 0.266 e. The van der Waals surface area contributed by atoms with Crippen LogP contribution in [-0.2, 0) is 9.59 Å². The van der Waals surface area contributed by atoms with Gasteiger partial charge in [-0.05, 0) is 12.1 Å². The number of hydrogen-bond donors (Lipinski definition) is 1. The van der Waals surface area contributed by atoms with Crippen molar-refractivity contribution in [3.63, 3.8) is 0 Å². The van der Waals surface area contributed by atoms with E-state index in [1.807, 2.05) is 0 Å². The second-order valence-electron chi connectivity index (χ2n) is 4.71. The monoisotopic (exact) mass is 364 g/mol. The number of ether oxygens (including phenoxy) is 1. The van der Waals surface area contributed by atoms with Gasteiger partial charge in [-0.3, -0.25) is 9.69 Å². The molecule has 126 valence electrons. The van der Waals surface area contributed by atoms with E-state index in [4.69, 9.17) is 17.0 Å². The maximum atomic E-state index is 12.4. The van der Waals surface area contributed by atoms with Crippen LogP contribution in [0.4, 0.5) is 0 Å². The van der Waals surface area contributed by atoms with Gasteiger partial charge in [0.05, 0.1) is 17.5 Å². The molecule has 24 heavy (non-hydrogen) atoms. The average Bonchev–Trinajstić information content (AvgIpc) is 2.82. The number of para-hydroxylation sites is 1. The first-order valence-corrected chi connectivity index (χ1v) is 8.13. The standard InChI is InChI=1S/C16H15NO5S2/c1-2-7-22-12-6-4-3-5-10(12)8-13-14(19)17(16(23)24-13)11(9-18)15(20)21/h2-6,8,11,18H,1,7,9H2,(H,20,21)/p-1/b13-8-/t11-/m0/s1. The minimum absolute atomic E-state index is 0.0546. The van der Waals surface area contributed by atoms with Gasteiger partial charge in [0.15, 0.2) is 0 Å². The maximum absolute atomic E-state index is 12.4. The smallest absolute Gasteiger partial charge is 0.266 e. The minimum atomic E-state index is -1.57. The molecule has 0 unspecified atom stereocenters. The average molecular weight is 364 g/mol. The van der Waals surface area contributed by atoms with Crippen LogP contribution in [0.2, 0.25) is 0 Å². The summed E-state index contributed by atoms with van der Waals surface area (Å²) in [7, 11) is 0. The summed E-state index contributed by atoms with van der Waals surface area (Å²) in [6.07, 6.45) is 3.17.